The summed E-state index contributed by atoms with van der Waals surface area (Å²) in [5.74, 6) is -1.73. The van der Waals surface area contributed by atoms with Crippen LogP contribution in [0.3, 0.4) is 0 Å². The van der Waals surface area contributed by atoms with E-state index in [0.717, 1.165) is 17.0 Å². The summed E-state index contributed by atoms with van der Waals surface area (Å²) in [6, 6.07) is 4.47. The second kappa shape index (κ2) is 5.55. The minimum Gasteiger partial charge on any atom is -0.289 e. The summed E-state index contributed by atoms with van der Waals surface area (Å²) < 4.78 is 62.3. The third-order valence-corrected chi connectivity index (χ3v) is 4.91. The number of halogens is 3. The van der Waals surface area contributed by atoms with Gasteiger partial charge in [0.25, 0.3) is 0 Å². The first-order valence-corrected chi connectivity index (χ1v) is 8.34. The van der Waals surface area contributed by atoms with Gasteiger partial charge < -0.3 is 0 Å². The zero-order chi connectivity index (χ0) is 17.5. The van der Waals surface area contributed by atoms with Crippen molar-refractivity contribution in [2.24, 2.45) is 0 Å². The lowest BCUT2D eigenvalue weighted by Crippen LogP contribution is -2.41. The van der Waals surface area contributed by atoms with Gasteiger partial charge in [0.1, 0.15) is 5.75 Å². The van der Waals surface area contributed by atoms with Gasteiger partial charge in [-0.25, -0.2) is 18.4 Å². The van der Waals surface area contributed by atoms with Gasteiger partial charge in [-0.3, -0.25) is 9.69 Å². The number of carbonyl (C=O) groups is 1. The molecule has 126 valence electrons. The van der Waals surface area contributed by atoms with E-state index in [0.29, 0.717) is 0 Å². The summed E-state index contributed by atoms with van der Waals surface area (Å²) in [5, 5.41) is -0.350. The van der Waals surface area contributed by atoms with Crippen LogP contribution in [0.2, 0.25) is 0 Å². The Hall–Kier alpha value is -2.49. The zero-order valence-corrected chi connectivity index (χ0v) is 12.8. The molecule has 0 saturated heterocycles. The number of carbonyl (C=O) groups excluding carboxylic acids is 1. The summed E-state index contributed by atoms with van der Waals surface area (Å²) in [4.78, 5) is 20.7. The normalized spacial score (nSPS) is 16.8. The highest BCUT2D eigenvalue weighted by atomic mass is 32.2. The topological polar surface area (TPSA) is 80.2 Å². The van der Waals surface area contributed by atoms with E-state index in [1.807, 2.05) is 0 Å². The average molecular weight is 357 g/mol. The fraction of sp³-hybridized carbons (Fsp3) is 0.214. The SMILES string of the molecule is O=C1CS(=O)(=O)c2nccnc2N1Cc1cccc(C(F)(F)F)c1. The molecule has 10 heteroatoms. The number of benzene rings is 1. The maximum absolute atomic E-state index is 12.8. The van der Waals surface area contributed by atoms with Gasteiger partial charge in [0.2, 0.25) is 15.7 Å². The molecular weight excluding hydrogens is 347 g/mol. The molecule has 1 aromatic carbocycles. The van der Waals surface area contributed by atoms with Crippen molar-refractivity contribution < 1.29 is 26.4 Å². The van der Waals surface area contributed by atoms with E-state index < -0.39 is 33.2 Å². The molecular formula is C14H10F3N3O3S. The third kappa shape index (κ3) is 2.96. The number of nitrogens with zero attached hydrogens (tertiary/aromatic N) is 3. The van der Waals surface area contributed by atoms with Gasteiger partial charge >= 0.3 is 6.18 Å². The number of anilines is 1. The van der Waals surface area contributed by atoms with Crippen molar-refractivity contribution in [1.29, 1.82) is 0 Å². The van der Waals surface area contributed by atoms with Gasteiger partial charge in [0.15, 0.2) is 10.8 Å². The molecule has 1 aliphatic rings. The van der Waals surface area contributed by atoms with Crippen molar-refractivity contribution in [3.8, 4) is 0 Å². The zero-order valence-electron chi connectivity index (χ0n) is 12.0. The molecule has 1 aromatic heterocycles. The van der Waals surface area contributed by atoms with E-state index in [4.69, 9.17) is 0 Å². The van der Waals surface area contributed by atoms with Crippen molar-refractivity contribution >= 4 is 21.6 Å². The van der Waals surface area contributed by atoms with Crippen LogP contribution in [0.1, 0.15) is 11.1 Å². The highest BCUT2D eigenvalue weighted by Crippen LogP contribution is 2.31. The monoisotopic (exact) mass is 357 g/mol. The molecule has 0 unspecified atom stereocenters. The number of hydrogen-bond acceptors (Lipinski definition) is 5. The van der Waals surface area contributed by atoms with Gasteiger partial charge in [0, 0.05) is 12.4 Å². The lowest BCUT2D eigenvalue weighted by Gasteiger charge is -2.27. The van der Waals surface area contributed by atoms with Gasteiger partial charge in [-0.2, -0.15) is 13.2 Å². The average Bonchev–Trinajstić information content (AvgIpc) is 2.50. The largest absolute Gasteiger partial charge is 0.416 e. The smallest absolute Gasteiger partial charge is 0.289 e. The van der Waals surface area contributed by atoms with Crippen LogP contribution < -0.4 is 4.90 Å². The van der Waals surface area contributed by atoms with Crippen LogP contribution in [0.4, 0.5) is 19.0 Å². The van der Waals surface area contributed by atoms with Crippen LogP contribution in [0.25, 0.3) is 0 Å². The lowest BCUT2D eigenvalue weighted by atomic mass is 10.1. The number of hydrogen-bond donors (Lipinski definition) is 0. The number of rotatable bonds is 2. The molecule has 3 rings (SSSR count). The first-order chi connectivity index (χ1) is 11.2. The van der Waals surface area contributed by atoms with Gasteiger partial charge in [-0.1, -0.05) is 12.1 Å². The predicted molar refractivity (Wildman–Crippen MR) is 76.7 cm³/mol. The summed E-state index contributed by atoms with van der Waals surface area (Å²) in [6.45, 7) is -0.232. The summed E-state index contributed by atoms with van der Waals surface area (Å²) in [6.07, 6.45) is -2.12. The van der Waals surface area contributed by atoms with Crippen LogP contribution in [-0.4, -0.2) is 30.0 Å². The Morgan fingerprint density at radius 3 is 2.58 bits per heavy atom. The maximum Gasteiger partial charge on any atom is 0.416 e. The Morgan fingerprint density at radius 2 is 1.88 bits per heavy atom. The van der Waals surface area contributed by atoms with Crippen LogP contribution in [0.5, 0.6) is 0 Å². The van der Waals surface area contributed by atoms with Gasteiger partial charge in [-0.15, -0.1) is 0 Å². The van der Waals surface area contributed by atoms with Crippen LogP contribution in [0, 0.1) is 0 Å². The second-order valence-corrected chi connectivity index (χ2v) is 7.03. The molecule has 0 aliphatic carbocycles. The Balaban J connectivity index is 2.00. The fourth-order valence-corrected chi connectivity index (χ4v) is 3.62. The molecule has 2 heterocycles. The molecule has 0 atom stereocenters. The van der Waals surface area contributed by atoms with E-state index in [-0.39, 0.29) is 23.0 Å². The maximum atomic E-state index is 12.8. The van der Waals surface area contributed by atoms with E-state index in [9.17, 15) is 26.4 Å². The van der Waals surface area contributed by atoms with Crippen molar-refractivity contribution in [2.45, 2.75) is 17.7 Å². The molecule has 0 radical (unpaired) electrons. The van der Waals surface area contributed by atoms with Crippen LogP contribution in [-0.2, 0) is 27.4 Å². The van der Waals surface area contributed by atoms with Crippen molar-refractivity contribution in [3.63, 3.8) is 0 Å². The van der Waals surface area contributed by atoms with Crippen LogP contribution >= 0.6 is 0 Å². The van der Waals surface area contributed by atoms with E-state index in [2.05, 4.69) is 9.97 Å². The molecule has 2 aromatic rings. The van der Waals surface area contributed by atoms with Gasteiger partial charge in [-0.05, 0) is 17.7 Å². The van der Waals surface area contributed by atoms with E-state index in [1.54, 1.807) is 0 Å². The Kier molecular flexibility index (Phi) is 3.78. The third-order valence-electron chi connectivity index (χ3n) is 3.41. The Labute approximate surface area is 134 Å². The summed E-state index contributed by atoms with van der Waals surface area (Å²) >= 11 is 0. The number of sulfone groups is 1. The lowest BCUT2D eigenvalue weighted by molar-refractivity contribution is -0.137. The van der Waals surface area contributed by atoms with Crippen molar-refractivity contribution in [2.75, 3.05) is 10.7 Å². The highest BCUT2D eigenvalue weighted by molar-refractivity contribution is 7.92. The standard InChI is InChI=1S/C14H10F3N3O3S/c15-14(16,17)10-3-1-2-9(6-10)7-20-11(21)8-24(22,23)13-12(20)18-4-5-19-13/h1-6H,7-8H2. The first kappa shape index (κ1) is 16.4. The quantitative estimate of drug-likeness (QED) is 0.819. The molecule has 0 saturated carbocycles. The predicted octanol–water partition coefficient (Wildman–Crippen LogP) is 1.82. The second-order valence-electron chi connectivity index (χ2n) is 5.12. The number of fused-ring (bicyclic) bond motifs is 1. The summed E-state index contributed by atoms with van der Waals surface area (Å²) in [5.41, 5.74) is -0.648. The first-order valence-electron chi connectivity index (χ1n) is 6.69. The molecule has 1 aliphatic heterocycles. The van der Waals surface area contributed by atoms with E-state index in [1.165, 1.54) is 24.5 Å². The van der Waals surface area contributed by atoms with Crippen LogP contribution in [0.15, 0.2) is 41.7 Å². The molecule has 24 heavy (non-hydrogen) atoms. The Morgan fingerprint density at radius 1 is 1.17 bits per heavy atom. The summed E-state index contributed by atoms with van der Waals surface area (Å²) in [7, 11) is -3.89. The molecule has 0 spiro atoms. The van der Waals surface area contributed by atoms with Crippen molar-refractivity contribution in [3.05, 3.63) is 47.8 Å². The number of alkyl halides is 3. The number of amides is 1. The molecule has 0 fully saturated rings. The minimum atomic E-state index is -4.51. The van der Waals surface area contributed by atoms with E-state index >= 15 is 0 Å². The minimum absolute atomic E-state index is 0.175. The Bertz CT molecular complexity index is 913. The fourth-order valence-electron chi connectivity index (χ4n) is 2.34. The molecule has 0 N–H and O–H groups in total. The van der Waals surface area contributed by atoms with Crippen molar-refractivity contribution in [1.82, 2.24) is 9.97 Å². The highest BCUT2D eigenvalue weighted by Gasteiger charge is 2.37. The van der Waals surface area contributed by atoms with Gasteiger partial charge in [0.05, 0.1) is 12.1 Å². The number of aromatic nitrogens is 2. The molecule has 6 nitrogen and oxygen atoms in total. The molecule has 0 bridgehead atoms. The molecule has 1 amide bonds.